The molecule has 0 amide bonds. The van der Waals surface area contributed by atoms with Crippen LogP contribution in [-0.2, 0) is 24.2 Å². The van der Waals surface area contributed by atoms with E-state index in [1.807, 2.05) is 0 Å². The van der Waals surface area contributed by atoms with E-state index in [0.717, 1.165) is 31.4 Å². The second-order valence-corrected chi connectivity index (χ2v) is 7.26. The van der Waals surface area contributed by atoms with Crippen molar-refractivity contribution in [1.82, 2.24) is 9.38 Å². The molecule has 0 atom stereocenters. The molecule has 0 unspecified atom stereocenters. The Hall–Kier alpha value is -2.80. The van der Waals surface area contributed by atoms with Gasteiger partial charge in [-0.05, 0) is 37.8 Å². The maximum Gasteiger partial charge on any atom is 0.338 e. The van der Waals surface area contributed by atoms with Gasteiger partial charge < -0.3 is 4.74 Å². The fourth-order valence-electron chi connectivity index (χ4n) is 3.14. The predicted molar refractivity (Wildman–Crippen MR) is 96.9 cm³/mol. The summed E-state index contributed by atoms with van der Waals surface area (Å²) < 4.78 is 6.94. The van der Waals surface area contributed by atoms with Crippen LogP contribution in [0.3, 0.4) is 0 Å². The third kappa shape index (κ3) is 3.06. The van der Waals surface area contributed by atoms with E-state index in [-0.39, 0.29) is 12.2 Å². The fourth-order valence-corrected chi connectivity index (χ4v) is 4.37. The van der Waals surface area contributed by atoms with E-state index < -0.39 is 5.97 Å². The van der Waals surface area contributed by atoms with Crippen molar-refractivity contribution in [2.75, 3.05) is 0 Å². The van der Waals surface area contributed by atoms with E-state index in [1.54, 1.807) is 27.9 Å². The van der Waals surface area contributed by atoms with Crippen molar-refractivity contribution in [2.24, 2.45) is 0 Å². The summed E-state index contributed by atoms with van der Waals surface area (Å²) in [7, 11) is 0. The van der Waals surface area contributed by atoms with Crippen LogP contribution >= 0.6 is 11.3 Å². The van der Waals surface area contributed by atoms with Gasteiger partial charge in [-0.2, -0.15) is 0 Å². The number of carbonyl (C=O) groups excluding carboxylic acids is 2. The van der Waals surface area contributed by atoms with Crippen LogP contribution in [0.4, 0.5) is 0 Å². The molecular weight excluding hydrogens is 352 g/mol. The fraction of sp³-hybridized carbons (Fsp3) is 0.263. The summed E-state index contributed by atoms with van der Waals surface area (Å²) in [4.78, 5) is 41.6. The largest absolute Gasteiger partial charge is 0.456 e. The van der Waals surface area contributed by atoms with Gasteiger partial charge in [-0.3, -0.25) is 14.0 Å². The number of benzene rings is 1. The van der Waals surface area contributed by atoms with Gasteiger partial charge >= 0.3 is 5.97 Å². The van der Waals surface area contributed by atoms with Gasteiger partial charge in [0.1, 0.15) is 12.9 Å². The molecular formula is C19H16N2O4S. The minimum Gasteiger partial charge on any atom is -0.456 e. The van der Waals surface area contributed by atoms with Crippen molar-refractivity contribution < 1.29 is 14.3 Å². The average Bonchev–Trinajstić information content (AvgIpc) is 3.05. The summed E-state index contributed by atoms with van der Waals surface area (Å²) in [6.45, 7) is -0.0669. The number of aldehydes is 1. The van der Waals surface area contributed by atoms with E-state index >= 15 is 0 Å². The Labute approximate surface area is 153 Å². The Kier molecular flexibility index (Phi) is 4.38. The van der Waals surface area contributed by atoms with E-state index in [2.05, 4.69) is 4.98 Å². The van der Waals surface area contributed by atoms with Crippen molar-refractivity contribution in [3.05, 3.63) is 68.1 Å². The van der Waals surface area contributed by atoms with Crippen molar-refractivity contribution in [1.29, 1.82) is 0 Å². The molecule has 7 heteroatoms. The van der Waals surface area contributed by atoms with E-state index in [4.69, 9.17) is 4.74 Å². The van der Waals surface area contributed by atoms with Crippen LogP contribution < -0.4 is 5.56 Å². The molecule has 0 spiro atoms. The molecule has 0 fully saturated rings. The van der Waals surface area contributed by atoms with Crippen molar-refractivity contribution in [2.45, 2.75) is 32.3 Å². The number of esters is 1. The summed E-state index contributed by atoms with van der Waals surface area (Å²) in [5.74, 6) is -0.519. The number of thiazole rings is 1. The number of aromatic nitrogens is 2. The molecule has 26 heavy (non-hydrogen) atoms. The number of fused-ring (bicyclic) bond motifs is 3. The highest BCUT2D eigenvalue weighted by molar-refractivity contribution is 7.17. The lowest BCUT2D eigenvalue weighted by atomic mass is 10.0. The minimum absolute atomic E-state index is 0.0669. The van der Waals surface area contributed by atoms with Gasteiger partial charge in [-0.25, -0.2) is 9.78 Å². The van der Waals surface area contributed by atoms with Crippen molar-refractivity contribution >= 4 is 28.6 Å². The number of rotatable bonds is 4. The summed E-state index contributed by atoms with van der Waals surface area (Å²) in [6.07, 6.45) is 4.84. The quantitative estimate of drug-likeness (QED) is 0.523. The third-order valence-electron chi connectivity index (χ3n) is 4.45. The molecule has 4 rings (SSSR count). The van der Waals surface area contributed by atoms with E-state index in [9.17, 15) is 14.4 Å². The zero-order valence-electron chi connectivity index (χ0n) is 13.9. The monoisotopic (exact) mass is 368 g/mol. The number of carbonyl (C=O) groups is 2. The van der Waals surface area contributed by atoms with Crippen LogP contribution in [-0.4, -0.2) is 21.6 Å². The lowest BCUT2D eigenvalue weighted by molar-refractivity contribution is 0.0467. The molecule has 1 aliphatic rings. The molecule has 2 aromatic heterocycles. The molecule has 0 saturated heterocycles. The molecule has 0 N–H and O–H groups in total. The van der Waals surface area contributed by atoms with E-state index in [0.29, 0.717) is 28.1 Å². The Morgan fingerprint density at radius 3 is 2.77 bits per heavy atom. The highest BCUT2D eigenvalue weighted by atomic mass is 32.1. The van der Waals surface area contributed by atoms with Crippen LogP contribution in [0.5, 0.6) is 0 Å². The van der Waals surface area contributed by atoms with Gasteiger partial charge in [0.05, 0.1) is 11.3 Å². The lowest BCUT2D eigenvalue weighted by Gasteiger charge is -2.10. The first-order valence-electron chi connectivity index (χ1n) is 8.41. The zero-order chi connectivity index (χ0) is 18.1. The smallest absolute Gasteiger partial charge is 0.338 e. The van der Waals surface area contributed by atoms with Crippen LogP contribution in [0, 0.1) is 0 Å². The van der Waals surface area contributed by atoms with Gasteiger partial charge in [0.25, 0.3) is 5.56 Å². The van der Waals surface area contributed by atoms with Gasteiger partial charge in [0.2, 0.25) is 0 Å². The predicted octanol–water partition coefficient (Wildman–Crippen LogP) is 2.80. The highest BCUT2D eigenvalue weighted by Gasteiger charge is 2.18. The molecule has 2 heterocycles. The Bertz CT molecular complexity index is 1050. The molecule has 0 radical (unpaired) electrons. The third-order valence-corrected chi connectivity index (χ3v) is 5.59. The van der Waals surface area contributed by atoms with Crippen molar-refractivity contribution in [3.8, 4) is 0 Å². The van der Waals surface area contributed by atoms with Gasteiger partial charge in [0.15, 0.2) is 4.96 Å². The Morgan fingerprint density at radius 1 is 1.23 bits per heavy atom. The Morgan fingerprint density at radius 2 is 2.00 bits per heavy atom. The average molecular weight is 368 g/mol. The first kappa shape index (κ1) is 16.7. The summed E-state index contributed by atoms with van der Waals surface area (Å²) in [5, 5.41) is 0. The standard InChI is InChI=1S/C19H16N2O4S/c22-10-12-5-7-13(8-6-12)18(24)25-11-14-9-17(23)21-15-3-1-2-4-16(15)26-19(21)20-14/h5-10H,1-4,11H2. The summed E-state index contributed by atoms with van der Waals surface area (Å²) in [6, 6.07) is 7.60. The zero-order valence-corrected chi connectivity index (χ0v) is 14.8. The second-order valence-electron chi connectivity index (χ2n) is 6.20. The van der Waals surface area contributed by atoms with Gasteiger partial charge in [-0.1, -0.05) is 12.1 Å². The summed E-state index contributed by atoms with van der Waals surface area (Å²) in [5.41, 5.74) is 2.22. The normalized spacial score (nSPS) is 13.4. The van der Waals surface area contributed by atoms with Gasteiger partial charge in [-0.15, -0.1) is 11.3 Å². The lowest BCUT2D eigenvalue weighted by Crippen LogP contribution is -2.18. The Balaban J connectivity index is 1.54. The molecule has 0 saturated carbocycles. The molecule has 0 aliphatic heterocycles. The van der Waals surface area contributed by atoms with Crippen LogP contribution in [0.1, 0.15) is 49.8 Å². The number of aryl methyl sites for hydroxylation is 2. The van der Waals surface area contributed by atoms with Crippen LogP contribution in [0.2, 0.25) is 0 Å². The minimum atomic E-state index is -0.519. The topological polar surface area (TPSA) is 77.7 Å². The molecule has 0 bridgehead atoms. The highest BCUT2D eigenvalue weighted by Crippen LogP contribution is 2.28. The van der Waals surface area contributed by atoms with Crippen molar-refractivity contribution in [3.63, 3.8) is 0 Å². The number of nitrogens with zero attached hydrogens (tertiary/aromatic N) is 2. The van der Waals surface area contributed by atoms with Gasteiger partial charge in [0, 0.05) is 22.2 Å². The SMILES string of the molecule is O=Cc1ccc(C(=O)OCc2cc(=O)n3c4c(sc3n2)CCCC4)cc1. The summed E-state index contributed by atoms with van der Waals surface area (Å²) >= 11 is 1.54. The van der Waals surface area contributed by atoms with Crippen LogP contribution in [0.25, 0.3) is 4.96 Å². The van der Waals surface area contributed by atoms with Crippen LogP contribution in [0.15, 0.2) is 35.1 Å². The first-order chi connectivity index (χ1) is 12.7. The molecule has 3 aromatic rings. The second kappa shape index (κ2) is 6.84. The molecule has 1 aliphatic carbocycles. The molecule has 1 aromatic carbocycles. The van der Waals surface area contributed by atoms with E-state index in [1.165, 1.54) is 23.1 Å². The maximum absolute atomic E-state index is 12.5. The number of hydrogen-bond acceptors (Lipinski definition) is 6. The molecule has 6 nitrogen and oxygen atoms in total. The number of hydrogen-bond donors (Lipinski definition) is 0. The maximum atomic E-state index is 12.5. The molecule has 132 valence electrons. The first-order valence-corrected chi connectivity index (χ1v) is 9.23. The number of ether oxygens (including phenoxy) is 1.